The van der Waals surface area contributed by atoms with Crippen molar-refractivity contribution in [1.29, 1.82) is 0 Å². The van der Waals surface area contributed by atoms with Crippen molar-refractivity contribution in [3.8, 4) is 0 Å². The minimum Gasteiger partial charge on any atom is -0.381 e. The zero-order valence-electron chi connectivity index (χ0n) is 13.7. The van der Waals surface area contributed by atoms with Crippen LogP contribution >= 0.6 is 0 Å². The molecule has 3 N–H and O–H groups in total. The van der Waals surface area contributed by atoms with E-state index < -0.39 is 11.6 Å². The zero-order chi connectivity index (χ0) is 17.0. The molecule has 7 heteroatoms. The Morgan fingerprint density at radius 1 is 1.33 bits per heavy atom. The Balaban J connectivity index is 1.61. The molecule has 1 saturated heterocycles. The van der Waals surface area contributed by atoms with Crippen LogP contribution in [0.2, 0.25) is 0 Å². The highest BCUT2D eigenvalue weighted by Gasteiger charge is 2.37. The second-order valence-electron chi connectivity index (χ2n) is 6.17. The third kappa shape index (κ3) is 3.80. The number of nitrogens with one attached hydrogen (secondary N) is 1. The van der Waals surface area contributed by atoms with E-state index in [9.17, 15) is 4.79 Å². The molecule has 0 bridgehead atoms. The number of hydrogen-bond donors (Lipinski definition) is 2. The van der Waals surface area contributed by atoms with Crippen molar-refractivity contribution in [1.82, 2.24) is 15.5 Å². The number of rotatable bonds is 5. The number of nitrogens with zero attached hydrogens (tertiary/aromatic N) is 2. The van der Waals surface area contributed by atoms with E-state index in [0.717, 1.165) is 5.56 Å². The van der Waals surface area contributed by atoms with E-state index in [4.69, 9.17) is 15.0 Å². The summed E-state index contributed by atoms with van der Waals surface area (Å²) in [5, 5.41) is 6.85. The molecule has 3 rings (SSSR count). The zero-order valence-corrected chi connectivity index (χ0v) is 13.7. The number of nitrogens with two attached hydrogens (primary N) is 1. The normalized spacial score (nSPS) is 18.1. The summed E-state index contributed by atoms with van der Waals surface area (Å²) in [6.45, 7) is 2.81. The third-order valence-corrected chi connectivity index (χ3v) is 4.24. The van der Waals surface area contributed by atoms with Gasteiger partial charge in [0.2, 0.25) is 11.8 Å². The molecule has 1 aromatic carbocycles. The van der Waals surface area contributed by atoms with Gasteiger partial charge in [-0.15, -0.1) is 0 Å². The van der Waals surface area contributed by atoms with Gasteiger partial charge in [-0.05, 0) is 25.3 Å². The van der Waals surface area contributed by atoms with Crippen LogP contribution in [0, 0.1) is 0 Å². The van der Waals surface area contributed by atoms with Gasteiger partial charge >= 0.3 is 0 Å². The number of amides is 1. The summed E-state index contributed by atoms with van der Waals surface area (Å²) in [4.78, 5) is 16.8. The molecule has 1 amide bonds. The predicted molar refractivity (Wildman–Crippen MR) is 87.1 cm³/mol. The molecule has 1 aliphatic rings. The van der Waals surface area contributed by atoms with E-state index in [2.05, 4.69) is 15.5 Å². The van der Waals surface area contributed by atoms with Crippen molar-refractivity contribution in [2.24, 2.45) is 5.73 Å². The number of ether oxygens (including phenoxy) is 1. The molecule has 1 aliphatic heterocycles. The van der Waals surface area contributed by atoms with E-state index in [0.29, 0.717) is 44.2 Å². The van der Waals surface area contributed by atoms with E-state index in [-0.39, 0.29) is 5.91 Å². The molecule has 1 atom stereocenters. The summed E-state index contributed by atoms with van der Waals surface area (Å²) >= 11 is 0. The van der Waals surface area contributed by atoms with Crippen LogP contribution in [0.4, 0.5) is 0 Å². The van der Waals surface area contributed by atoms with Crippen molar-refractivity contribution >= 4 is 5.91 Å². The summed E-state index contributed by atoms with van der Waals surface area (Å²) in [7, 11) is 0. The average molecular weight is 330 g/mol. The fraction of sp³-hybridized carbons (Fsp3) is 0.471. The fourth-order valence-electron chi connectivity index (χ4n) is 2.66. The van der Waals surface area contributed by atoms with Crippen LogP contribution in [0.5, 0.6) is 0 Å². The predicted octanol–water partition coefficient (Wildman–Crippen LogP) is 1.35. The van der Waals surface area contributed by atoms with Crippen LogP contribution in [0.15, 0.2) is 34.9 Å². The smallest absolute Gasteiger partial charge is 0.248 e. The number of aromatic nitrogens is 2. The summed E-state index contributed by atoms with van der Waals surface area (Å²) in [5.74, 6) is 0.761. The Labute approximate surface area is 140 Å². The summed E-state index contributed by atoms with van der Waals surface area (Å²) in [6, 6.07) is 9.51. The van der Waals surface area contributed by atoms with Gasteiger partial charge in [-0.3, -0.25) is 4.79 Å². The van der Waals surface area contributed by atoms with E-state index in [1.54, 1.807) is 6.92 Å². The van der Waals surface area contributed by atoms with E-state index in [1.807, 2.05) is 30.3 Å². The molecule has 0 radical (unpaired) electrons. The highest BCUT2D eigenvalue weighted by atomic mass is 16.5. The second kappa shape index (κ2) is 7.11. The highest BCUT2D eigenvalue weighted by Crippen LogP contribution is 2.20. The molecule has 0 spiro atoms. The van der Waals surface area contributed by atoms with Crippen LogP contribution < -0.4 is 11.1 Å². The SMILES string of the molecule is CC(NC(=O)C1(N)CCOCC1)c1nc(Cc2ccccc2)no1. The minimum absolute atomic E-state index is 0.207. The molecule has 0 saturated carbocycles. The van der Waals surface area contributed by atoms with Gasteiger partial charge in [0.05, 0.1) is 5.54 Å². The van der Waals surface area contributed by atoms with Crippen LogP contribution in [0.1, 0.15) is 43.1 Å². The lowest BCUT2D eigenvalue weighted by Crippen LogP contribution is -2.57. The quantitative estimate of drug-likeness (QED) is 0.857. The van der Waals surface area contributed by atoms with Crippen LogP contribution in [0.25, 0.3) is 0 Å². The Morgan fingerprint density at radius 3 is 2.75 bits per heavy atom. The fourth-order valence-corrected chi connectivity index (χ4v) is 2.66. The van der Waals surface area contributed by atoms with Crippen molar-refractivity contribution in [3.63, 3.8) is 0 Å². The highest BCUT2D eigenvalue weighted by molar-refractivity contribution is 5.86. The van der Waals surface area contributed by atoms with Crippen molar-refractivity contribution < 1.29 is 14.1 Å². The molecule has 128 valence electrons. The van der Waals surface area contributed by atoms with Gasteiger partial charge in [-0.1, -0.05) is 35.5 Å². The number of carbonyl (C=O) groups excluding carboxylic acids is 1. The first-order valence-corrected chi connectivity index (χ1v) is 8.11. The lowest BCUT2D eigenvalue weighted by molar-refractivity contribution is -0.130. The molecule has 1 fully saturated rings. The van der Waals surface area contributed by atoms with Gasteiger partial charge < -0.3 is 20.3 Å². The maximum Gasteiger partial charge on any atom is 0.248 e. The molecule has 24 heavy (non-hydrogen) atoms. The standard InChI is InChI=1S/C17H22N4O3/c1-12(19-16(22)17(18)7-9-23-10-8-17)15-20-14(21-24-15)11-13-5-3-2-4-6-13/h2-6,12H,7-11,18H2,1H3,(H,19,22). The Hall–Kier alpha value is -2.25. The molecular weight excluding hydrogens is 308 g/mol. The lowest BCUT2D eigenvalue weighted by Gasteiger charge is -2.32. The third-order valence-electron chi connectivity index (χ3n) is 4.24. The van der Waals surface area contributed by atoms with E-state index >= 15 is 0 Å². The first kappa shape index (κ1) is 16.6. The van der Waals surface area contributed by atoms with Gasteiger partial charge in [-0.2, -0.15) is 4.98 Å². The van der Waals surface area contributed by atoms with Gasteiger partial charge in [0, 0.05) is 19.6 Å². The summed E-state index contributed by atoms with van der Waals surface area (Å²) < 4.78 is 10.5. The molecular formula is C17H22N4O3. The van der Waals surface area contributed by atoms with Crippen LogP contribution in [-0.4, -0.2) is 34.8 Å². The molecule has 1 unspecified atom stereocenters. The van der Waals surface area contributed by atoms with Gasteiger partial charge in [0.15, 0.2) is 5.82 Å². The van der Waals surface area contributed by atoms with Gasteiger partial charge in [-0.25, -0.2) is 0 Å². The maximum absolute atomic E-state index is 12.4. The first-order chi connectivity index (χ1) is 11.6. The topological polar surface area (TPSA) is 103 Å². The second-order valence-corrected chi connectivity index (χ2v) is 6.17. The lowest BCUT2D eigenvalue weighted by atomic mass is 9.90. The molecule has 2 aromatic rings. The number of carbonyl (C=O) groups is 1. The van der Waals surface area contributed by atoms with Crippen molar-refractivity contribution in [2.75, 3.05) is 13.2 Å². The van der Waals surface area contributed by atoms with Crippen LogP contribution in [0.3, 0.4) is 0 Å². The molecule has 0 aliphatic carbocycles. The summed E-state index contributed by atoms with van der Waals surface area (Å²) in [6.07, 6.45) is 1.60. The molecule has 2 heterocycles. The van der Waals surface area contributed by atoms with Crippen LogP contribution in [-0.2, 0) is 16.0 Å². The van der Waals surface area contributed by atoms with Crippen molar-refractivity contribution in [3.05, 3.63) is 47.6 Å². The number of benzene rings is 1. The van der Waals surface area contributed by atoms with Gasteiger partial charge in [0.1, 0.15) is 6.04 Å². The van der Waals surface area contributed by atoms with Crippen molar-refractivity contribution in [2.45, 2.75) is 37.8 Å². The molecule has 7 nitrogen and oxygen atoms in total. The average Bonchev–Trinajstić information content (AvgIpc) is 3.05. The Kier molecular flexibility index (Phi) is 4.92. The monoisotopic (exact) mass is 330 g/mol. The Bertz CT molecular complexity index is 680. The maximum atomic E-state index is 12.4. The molecule has 1 aromatic heterocycles. The van der Waals surface area contributed by atoms with Gasteiger partial charge in [0.25, 0.3) is 0 Å². The Morgan fingerprint density at radius 2 is 2.04 bits per heavy atom. The van der Waals surface area contributed by atoms with E-state index in [1.165, 1.54) is 0 Å². The minimum atomic E-state index is -0.889. The largest absolute Gasteiger partial charge is 0.381 e. The number of hydrogen-bond acceptors (Lipinski definition) is 6. The summed E-state index contributed by atoms with van der Waals surface area (Å²) in [5.41, 5.74) is 6.39. The first-order valence-electron chi connectivity index (χ1n) is 8.11.